The van der Waals surface area contributed by atoms with Gasteiger partial charge in [0, 0.05) is 12.2 Å². The van der Waals surface area contributed by atoms with Gasteiger partial charge in [-0.25, -0.2) is 4.98 Å². The zero-order chi connectivity index (χ0) is 8.55. The Hall–Kier alpha value is -1.09. The number of anilines is 1. The average Bonchev–Trinajstić information content (AvgIpc) is 2.85. The van der Waals surface area contributed by atoms with Crippen LogP contribution in [0.2, 0.25) is 0 Å². The SMILES string of the molecule is Nc1cc([C@@H](N)C2CC2)ccn1. The molecule has 0 unspecified atom stereocenters. The summed E-state index contributed by atoms with van der Waals surface area (Å²) in [6, 6.07) is 3.97. The summed E-state index contributed by atoms with van der Waals surface area (Å²) in [6.45, 7) is 0. The van der Waals surface area contributed by atoms with Crippen LogP contribution in [0.4, 0.5) is 5.82 Å². The molecule has 1 heterocycles. The van der Waals surface area contributed by atoms with E-state index in [1.54, 1.807) is 6.20 Å². The van der Waals surface area contributed by atoms with Crippen molar-refractivity contribution in [3.8, 4) is 0 Å². The van der Waals surface area contributed by atoms with E-state index < -0.39 is 0 Å². The summed E-state index contributed by atoms with van der Waals surface area (Å²) < 4.78 is 0. The van der Waals surface area contributed by atoms with Gasteiger partial charge in [-0.15, -0.1) is 0 Å². The highest BCUT2D eigenvalue weighted by atomic mass is 14.8. The predicted molar refractivity (Wildman–Crippen MR) is 48.3 cm³/mol. The van der Waals surface area contributed by atoms with Crippen LogP contribution in [0.5, 0.6) is 0 Å². The molecule has 3 nitrogen and oxygen atoms in total. The van der Waals surface area contributed by atoms with Gasteiger partial charge < -0.3 is 11.5 Å². The van der Waals surface area contributed by atoms with Crippen LogP contribution in [-0.2, 0) is 0 Å². The maximum atomic E-state index is 5.99. The van der Waals surface area contributed by atoms with Crippen molar-refractivity contribution in [2.75, 3.05) is 5.73 Å². The first-order valence-corrected chi connectivity index (χ1v) is 4.24. The van der Waals surface area contributed by atoms with Crippen molar-refractivity contribution >= 4 is 5.82 Å². The van der Waals surface area contributed by atoms with E-state index in [1.807, 2.05) is 12.1 Å². The van der Waals surface area contributed by atoms with E-state index >= 15 is 0 Å². The fourth-order valence-corrected chi connectivity index (χ4v) is 1.40. The third kappa shape index (κ3) is 1.41. The van der Waals surface area contributed by atoms with Gasteiger partial charge in [-0.1, -0.05) is 0 Å². The van der Waals surface area contributed by atoms with E-state index in [9.17, 15) is 0 Å². The lowest BCUT2D eigenvalue weighted by Crippen LogP contribution is -2.12. The average molecular weight is 163 g/mol. The van der Waals surface area contributed by atoms with Gasteiger partial charge in [0.2, 0.25) is 0 Å². The predicted octanol–water partition coefficient (Wildman–Crippen LogP) is 1.07. The lowest BCUT2D eigenvalue weighted by Gasteiger charge is -2.09. The highest BCUT2D eigenvalue weighted by molar-refractivity contribution is 5.34. The van der Waals surface area contributed by atoms with Gasteiger partial charge in [-0.2, -0.15) is 0 Å². The molecule has 1 aliphatic rings. The van der Waals surface area contributed by atoms with Gasteiger partial charge in [0.05, 0.1) is 0 Å². The van der Waals surface area contributed by atoms with E-state index in [0.29, 0.717) is 11.7 Å². The van der Waals surface area contributed by atoms with Crippen molar-refractivity contribution in [3.63, 3.8) is 0 Å². The highest BCUT2D eigenvalue weighted by Gasteiger charge is 2.29. The highest BCUT2D eigenvalue weighted by Crippen LogP contribution is 2.39. The van der Waals surface area contributed by atoms with Crippen molar-refractivity contribution in [3.05, 3.63) is 23.9 Å². The number of hydrogen-bond acceptors (Lipinski definition) is 3. The maximum absolute atomic E-state index is 5.99. The van der Waals surface area contributed by atoms with Gasteiger partial charge in [0.15, 0.2) is 0 Å². The molecule has 1 aromatic rings. The Labute approximate surface area is 71.8 Å². The number of nitrogens with two attached hydrogens (primary N) is 2. The quantitative estimate of drug-likeness (QED) is 0.685. The molecule has 1 saturated carbocycles. The third-order valence-electron chi connectivity index (χ3n) is 2.32. The lowest BCUT2D eigenvalue weighted by molar-refractivity contribution is 0.633. The van der Waals surface area contributed by atoms with E-state index in [2.05, 4.69) is 4.98 Å². The summed E-state index contributed by atoms with van der Waals surface area (Å²) in [5.74, 6) is 1.23. The Morgan fingerprint density at radius 1 is 1.50 bits per heavy atom. The van der Waals surface area contributed by atoms with Crippen LogP contribution in [0, 0.1) is 5.92 Å². The summed E-state index contributed by atoms with van der Waals surface area (Å²) in [4.78, 5) is 3.92. The van der Waals surface area contributed by atoms with Crippen LogP contribution in [0.3, 0.4) is 0 Å². The monoisotopic (exact) mass is 163 g/mol. The fourth-order valence-electron chi connectivity index (χ4n) is 1.40. The van der Waals surface area contributed by atoms with Crippen molar-refractivity contribution in [2.24, 2.45) is 11.7 Å². The molecule has 1 aromatic heterocycles. The number of pyridine rings is 1. The van der Waals surface area contributed by atoms with Crippen LogP contribution >= 0.6 is 0 Å². The Kier molecular flexibility index (Phi) is 1.73. The van der Waals surface area contributed by atoms with E-state index in [-0.39, 0.29) is 6.04 Å². The first kappa shape index (κ1) is 7.55. The normalized spacial score (nSPS) is 19.1. The summed E-state index contributed by atoms with van der Waals surface area (Å²) >= 11 is 0. The molecule has 0 spiro atoms. The minimum atomic E-state index is 0.162. The molecule has 0 amide bonds. The summed E-state index contributed by atoms with van der Waals surface area (Å²) in [7, 11) is 0. The number of rotatable bonds is 2. The fraction of sp³-hybridized carbons (Fsp3) is 0.444. The molecule has 0 aliphatic heterocycles. The summed E-state index contributed by atoms with van der Waals surface area (Å²) in [5.41, 5.74) is 12.7. The first-order valence-electron chi connectivity index (χ1n) is 4.24. The van der Waals surface area contributed by atoms with Crippen LogP contribution in [0.15, 0.2) is 18.3 Å². The maximum Gasteiger partial charge on any atom is 0.123 e. The molecule has 4 N–H and O–H groups in total. The van der Waals surface area contributed by atoms with Crippen LogP contribution in [-0.4, -0.2) is 4.98 Å². The van der Waals surface area contributed by atoms with Crippen molar-refractivity contribution < 1.29 is 0 Å². The summed E-state index contributed by atoms with van der Waals surface area (Å²) in [5, 5.41) is 0. The van der Waals surface area contributed by atoms with E-state index in [0.717, 1.165) is 5.56 Å². The molecule has 1 atom stereocenters. The molecule has 0 radical (unpaired) electrons. The Balaban J connectivity index is 2.20. The number of hydrogen-bond donors (Lipinski definition) is 2. The molecule has 12 heavy (non-hydrogen) atoms. The van der Waals surface area contributed by atoms with Crippen molar-refractivity contribution in [1.29, 1.82) is 0 Å². The molecule has 0 bridgehead atoms. The molecule has 1 aliphatic carbocycles. The topological polar surface area (TPSA) is 64.9 Å². The van der Waals surface area contributed by atoms with Gasteiger partial charge in [-0.3, -0.25) is 0 Å². The minimum Gasteiger partial charge on any atom is -0.384 e. The van der Waals surface area contributed by atoms with Gasteiger partial charge in [-0.05, 0) is 36.5 Å². The zero-order valence-corrected chi connectivity index (χ0v) is 6.90. The molecule has 3 heteroatoms. The number of nitrogen functional groups attached to an aromatic ring is 1. The molecule has 2 rings (SSSR count). The Bertz CT molecular complexity index is 281. The Morgan fingerprint density at radius 3 is 2.83 bits per heavy atom. The lowest BCUT2D eigenvalue weighted by atomic mass is 10.1. The first-order chi connectivity index (χ1) is 5.77. The molecular formula is C9H13N3. The molecule has 0 aromatic carbocycles. The largest absolute Gasteiger partial charge is 0.384 e. The Morgan fingerprint density at radius 2 is 2.25 bits per heavy atom. The number of aromatic nitrogens is 1. The smallest absolute Gasteiger partial charge is 0.123 e. The van der Waals surface area contributed by atoms with Crippen LogP contribution in [0.25, 0.3) is 0 Å². The standard InChI is InChI=1S/C9H13N3/c10-8-5-7(3-4-12-8)9(11)6-1-2-6/h3-6,9H,1-2,11H2,(H2,10,12)/t9-/m0/s1. The zero-order valence-electron chi connectivity index (χ0n) is 6.90. The summed E-state index contributed by atoms with van der Waals surface area (Å²) in [6.07, 6.45) is 4.22. The number of nitrogens with zero attached hydrogens (tertiary/aromatic N) is 1. The molecule has 1 fully saturated rings. The van der Waals surface area contributed by atoms with Gasteiger partial charge >= 0.3 is 0 Å². The minimum absolute atomic E-state index is 0.162. The molecule has 0 saturated heterocycles. The van der Waals surface area contributed by atoms with Crippen molar-refractivity contribution in [1.82, 2.24) is 4.98 Å². The van der Waals surface area contributed by atoms with E-state index in [4.69, 9.17) is 11.5 Å². The van der Waals surface area contributed by atoms with Crippen LogP contribution in [0.1, 0.15) is 24.4 Å². The van der Waals surface area contributed by atoms with E-state index in [1.165, 1.54) is 12.8 Å². The second-order valence-electron chi connectivity index (χ2n) is 3.38. The van der Waals surface area contributed by atoms with Crippen LogP contribution < -0.4 is 11.5 Å². The van der Waals surface area contributed by atoms with Crippen molar-refractivity contribution in [2.45, 2.75) is 18.9 Å². The van der Waals surface area contributed by atoms with Gasteiger partial charge in [0.25, 0.3) is 0 Å². The second kappa shape index (κ2) is 2.75. The molecule has 64 valence electrons. The second-order valence-corrected chi connectivity index (χ2v) is 3.38. The molecular weight excluding hydrogens is 150 g/mol. The third-order valence-corrected chi connectivity index (χ3v) is 2.32. The van der Waals surface area contributed by atoms with Gasteiger partial charge in [0.1, 0.15) is 5.82 Å².